The summed E-state index contributed by atoms with van der Waals surface area (Å²) in [7, 11) is 0. The average Bonchev–Trinajstić information content (AvgIpc) is 1.98. The standard InChI is InChI=1S/C11H24N2S/c1-8(2)6-7-10(5)13-11(14)12-9(3)4/h8-10H,6-7H2,1-5H3,(H2,12,13,14). The Labute approximate surface area is 93.8 Å². The van der Waals surface area contributed by atoms with Gasteiger partial charge in [0.05, 0.1) is 0 Å². The zero-order valence-electron chi connectivity index (χ0n) is 10.1. The monoisotopic (exact) mass is 216 g/mol. The van der Waals surface area contributed by atoms with E-state index in [9.17, 15) is 0 Å². The van der Waals surface area contributed by atoms with Crippen molar-refractivity contribution in [2.45, 2.75) is 59.5 Å². The number of nitrogens with one attached hydrogen (secondary N) is 2. The highest BCUT2D eigenvalue weighted by molar-refractivity contribution is 7.80. The molecule has 0 saturated carbocycles. The first-order valence-corrected chi connectivity index (χ1v) is 5.89. The fourth-order valence-electron chi connectivity index (χ4n) is 1.18. The maximum Gasteiger partial charge on any atom is 0.166 e. The van der Waals surface area contributed by atoms with Crippen LogP contribution >= 0.6 is 12.2 Å². The van der Waals surface area contributed by atoms with E-state index in [-0.39, 0.29) is 0 Å². The molecule has 84 valence electrons. The molecule has 0 aliphatic carbocycles. The predicted molar refractivity (Wildman–Crippen MR) is 67.5 cm³/mol. The van der Waals surface area contributed by atoms with Gasteiger partial charge < -0.3 is 10.6 Å². The Bertz CT molecular complexity index is 167. The molecule has 0 fully saturated rings. The smallest absolute Gasteiger partial charge is 0.166 e. The van der Waals surface area contributed by atoms with E-state index in [1.807, 2.05) is 0 Å². The van der Waals surface area contributed by atoms with Crippen LogP contribution in [0.25, 0.3) is 0 Å². The van der Waals surface area contributed by atoms with Crippen LogP contribution in [0.3, 0.4) is 0 Å². The Hall–Kier alpha value is -0.310. The van der Waals surface area contributed by atoms with Gasteiger partial charge in [0.2, 0.25) is 0 Å². The summed E-state index contributed by atoms with van der Waals surface area (Å²) >= 11 is 5.16. The average molecular weight is 216 g/mol. The van der Waals surface area contributed by atoms with Gasteiger partial charge in [0.15, 0.2) is 5.11 Å². The first-order valence-electron chi connectivity index (χ1n) is 5.48. The molecule has 0 aliphatic rings. The first kappa shape index (κ1) is 13.7. The highest BCUT2D eigenvalue weighted by Crippen LogP contribution is 2.06. The molecular formula is C11H24N2S. The molecule has 0 aromatic carbocycles. The molecule has 1 unspecified atom stereocenters. The summed E-state index contributed by atoms with van der Waals surface area (Å²) in [5, 5.41) is 7.24. The zero-order valence-corrected chi connectivity index (χ0v) is 10.9. The predicted octanol–water partition coefficient (Wildman–Crippen LogP) is 2.68. The molecule has 1 atom stereocenters. The Balaban J connectivity index is 3.60. The molecule has 3 heteroatoms. The van der Waals surface area contributed by atoms with Crippen LogP contribution in [0.4, 0.5) is 0 Å². The van der Waals surface area contributed by atoms with Crippen LogP contribution in [0.2, 0.25) is 0 Å². The van der Waals surface area contributed by atoms with E-state index in [2.05, 4.69) is 45.3 Å². The van der Waals surface area contributed by atoms with Crippen molar-refractivity contribution in [2.75, 3.05) is 0 Å². The topological polar surface area (TPSA) is 24.1 Å². The molecule has 0 rings (SSSR count). The second-order valence-corrected chi connectivity index (χ2v) is 5.05. The molecule has 2 nitrogen and oxygen atoms in total. The van der Waals surface area contributed by atoms with Crippen molar-refractivity contribution in [3.8, 4) is 0 Å². The fourth-order valence-corrected chi connectivity index (χ4v) is 1.62. The van der Waals surface area contributed by atoms with Crippen molar-refractivity contribution in [2.24, 2.45) is 5.92 Å². The van der Waals surface area contributed by atoms with Gasteiger partial charge in [-0.25, -0.2) is 0 Å². The maximum atomic E-state index is 5.16. The van der Waals surface area contributed by atoms with E-state index >= 15 is 0 Å². The number of hydrogen-bond acceptors (Lipinski definition) is 1. The molecule has 0 bridgehead atoms. The van der Waals surface area contributed by atoms with Crippen molar-refractivity contribution in [3.63, 3.8) is 0 Å². The molecular weight excluding hydrogens is 192 g/mol. The highest BCUT2D eigenvalue weighted by atomic mass is 32.1. The summed E-state index contributed by atoms with van der Waals surface area (Å²) in [6.07, 6.45) is 2.43. The molecule has 0 saturated heterocycles. The van der Waals surface area contributed by atoms with Gasteiger partial charge >= 0.3 is 0 Å². The minimum absolute atomic E-state index is 0.410. The Morgan fingerprint density at radius 3 is 2.00 bits per heavy atom. The van der Waals surface area contributed by atoms with E-state index < -0.39 is 0 Å². The summed E-state index contributed by atoms with van der Waals surface area (Å²) in [6.45, 7) is 10.9. The molecule has 2 N–H and O–H groups in total. The maximum absolute atomic E-state index is 5.16. The summed E-state index contributed by atoms with van der Waals surface area (Å²) in [6, 6.07) is 0.878. The molecule has 0 aliphatic heterocycles. The van der Waals surface area contributed by atoms with Gasteiger partial charge in [0.25, 0.3) is 0 Å². The highest BCUT2D eigenvalue weighted by Gasteiger charge is 2.05. The molecule has 0 amide bonds. The molecule has 0 aromatic rings. The van der Waals surface area contributed by atoms with Crippen LogP contribution in [0, 0.1) is 5.92 Å². The third-order valence-electron chi connectivity index (χ3n) is 1.97. The van der Waals surface area contributed by atoms with Crippen molar-refractivity contribution >= 4 is 17.3 Å². The molecule has 0 heterocycles. The van der Waals surface area contributed by atoms with E-state index in [1.165, 1.54) is 12.8 Å². The zero-order chi connectivity index (χ0) is 11.1. The van der Waals surface area contributed by atoms with Crippen molar-refractivity contribution in [1.82, 2.24) is 10.6 Å². The summed E-state index contributed by atoms with van der Waals surface area (Å²) in [5.41, 5.74) is 0. The van der Waals surface area contributed by atoms with Crippen molar-refractivity contribution in [1.29, 1.82) is 0 Å². The second-order valence-electron chi connectivity index (χ2n) is 4.64. The SMILES string of the molecule is CC(C)CCC(C)NC(=S)NC(C)C. The van der Waals surface area contributed by atoms with Gasteiger partial charge in [-0.05, 0) is 51.7 Å². The van der Waals surface area contributed by atoms with Gasteiger partial charge in [-0.2, -0.15) is 0 Å². The summed E-state index contributed by atoms with van der Waals surface area (Å²) < 4.78 is 0. The number of hydrogen-bond donors (Lipinski definition) is 2. The fraction of sp³-hybridized carbons (Fsp3) is 0.909. The lowest BCUT2D eigenvalue weighted by atomic mass is 10.0. The van der Waals surface area contributed by atoms with Crippen molar-refractivity contribution in [3.05, 3.63) is 0 Å². The molecule has 14 heavy (non-hydrogen) atoms. The van der Waals surface area contributed by atoms with Crippen LogP contribution < -0.4 is 10.6 Å². The van der Waals surface area contributed by atoms with Crippen LogP contribution in [0.1, 0.15) is 47.5 Å². The van der Waals surface area contributed by atoms with Gasteiger partial charge in [0, 0.05) is 12.1 Å². The van der Waals surface area contributed by atoms with Gasteiger partial charge in [-0.1, -0.05) is 13.8 Å². The lowest BCUT2D eigenvalue weighted by Gasteiger charge is -2.19. The van der Waals surface area contributed by atoms with Gasteiger partial charge in [-0.3, -0.25) is 0 Å². The Kier molecular flexibility index (Phi) is 6.89. The molecule has 0 radical (unpaired) electrons. The minimum Gasteiger partial charge on any atom is -0.361 e. The van der Waals surface area contributed by atoms with E-state index in [4.69, 9.17) is 12.2 Å². The van der Waals surface area contributed by atoms with Crippen LogP contribution in [-0.4, -0.2) is 17.2 Å². The number of thiocarbonyl (C=S) groups is 1. The second kappa shape index (κ2) is 7.04. The van der Waals surface area contributed by atoms with Gasteiger partial charge in [-0.15, -0.1) is 0 Å². The number of rotatable bonds is 5. The van der Waals surface area contributed by atoms with E-state index in [0.717, 1.165) is 11.0 Å². The molecule has 0 aromatic heterocycles. The van der Waals surface area contributed by atoms with Crippen LogP contribution in [0.5, 0.6) is 0 Å². The Morgan fingerprint density at radius 1 is 1.00 bits per heavy atom. The first-order chi connectivity index (χ1) is 6.41. The molecule has 0 spiro atoms. The van der Waals surface area contributed by atoms with Crippen LogP contribution in [-0.2, 0) is 0 Å². The van der Waals surface area contributed by atoms with E-state index in [1.54, 1.807) is 0 Å². The van der Waals surface area contributed by atoms with E-state index in [0.29, 0.717) is 12.1 Å². The third kappa shape index (κ3) is 8.30. The third-order valence-corrected chi connectivity index (χ3v) is 2.21. The van der Waals surface area contributed by atoms with Crippen LogP contribution in [0.15, 0.2) is 0 Å². The Morgan fingerprint density at radius 2 is 1.57 bits per heavy atom. The summed E-state index contributed by atoms with van der Waals surface area (Å²) in [5.74, 6) is 0.769. The van der Waals surface area contributed by atoms with Gasteiger partial charge in [0.1, 0.15) is 0 Å². The minimum atomic E-state index is 0.410. The normalized spacial score (nSPS) is 13.1. The largest absolute Gasteiger partial charge is 0.361 e. The lowest BCUT2D eigenvalue weighted by molar-refractivity contribution is 0.489. The summed E-state index contributed by atoms with van der Waals surface area (Å²) in [4.78, 5) is 0. The quantitative estimate of drug-likeness (QED) is 0.691. The lowest BCUT2D eigenvalue weighted by Crippen LogP contribution is -2.43. The van der Waals surface area contributed by atoms with Crippen molar-refractivity contribution < 1.29 is 0 Å².